The first-order chi connectivity index (χ1) is 12.0. The maximum atomic E-state index is 13.0. The molecule has 0 heterocycles. The number of carbonyl (C=O) groups excluding carboxylic acids is 1. The first-order valence-electron chi connectivity index (χ1n) is 8.31. The Bertz CT molecular complexity index is 775. The first-order valence-corrected chi connectivity index (χ1v) is 8.69. The van der Waals surface area contributed by atoms with Crippen LogP contribution in [0, 0.1) is 16.0 Å². The van der Waals surface area contributed by atoms with E-state index in [4.69, 9.17) is 11.6 Å². The number of benzene rings is 2. The van der Waals surface area contributed by atoms with Crippen molar-refractivity contribution in [1.82, 2.24) is 4.90 Å². The lowest BCUT2D eigenvalue weighted by Gasteiger charge is -2.32. The van der Waals surface area contributed by atoms with Crippen LogP contribution >= 0.6 is 11.6 Å². The topological polar surface area (TPSA) is 63.4 Å². The minimum Gasteiger partial charge on any atom is -0.334 e. The van der Waals surface area contributed by atoms with Gasteiger partial charge in [0.05, 0.1) is 15.5 Å². The number of carbonyl (C=O) groups is 1. The summed E-state index contributed by atoms with van der Waals surface area (Å²) in [5.41, 5.74) is 1.08. The molecule has 0 bridgehead atoms. The number of nitro benzene ring substituents is 1. The van der Waals surface area contributed by atoms with Crippen molar-refractivity contribution in [3.8, 4) is 0 Å². The Morgan fingerprint density at radius 1 is 1.20 bits per heavy atom. The van der Waals surface area contributed by atoms with Gasteiger partial charge >= 0.3 is 0 Å². The molecule has 1 fully saturated rings. The predicted octanol–water partition coefficient (Wildman–Crippen LogP) is 4.69. The van der Waals surface area contributed by atoms with Crippen molar-refractivity contribution in [2.45, 2.75) is 25.8 Å². The minimum absolute atomic E-state index is 0.129. The Morgan fingerprint density at radius 2 is 1.92 bits per heavy atom. The van der Waals surface area contributed by atoms with Crippen LogP contribution in [-0.4, -0.2) is 22.3 Å². The predicted molar refractivity (Wildman–Crippen MR) is 96.6 cm³/mol. The third-order valence-electron chi connectivity index (χ3n) is 4.60. The fourth-order valence-corrected chi connectivity index (χ4v) is 3.17. The van der Waals surface area contributed by atoms with Crippen LogP contribution in [0.2, 0.25) is 5.02 Å². The summed E-state index contributed by atoms with van der Waals surface area (Å²) in [6.45, 7) is 1.11. The lowest BCUT2D eigenvalue weighted by molar-refractivity contribution is -0.384. The Balaban J connectivity index is 1.87. The molecule has 0 saturated heterocycles. The third-order valence-corrected chi connectivity index (χ3v) is 4.93. The normalized spacial score (nSPS) is 14.0. The summed E-state index contributed by atoms with van der Waals surface area (Å²) in [5, 5.41) is 11.3. The number of rotatable bonds is 6. The molecule has 1 saturated carbocycles. The van der Waals surface area contributed by atoms with E-state index >= 15 is 0 Å². The summed E-state index contributed by atoms with van der Waals surface area (Å²) in [4.78, 5) is 25.3. The summed E-state index contributed by atoms with van der Waals surface area (Å²) in [5.74, 6) is 0.231. The summed E-state index contributed by atoms with van der Waals surface area (Å²) in [6.07, 6.45) is 3.41. The molecule has 6 heteroatoms. The number of non-ortho nitro benzene ring substituents is 1. The van der Waals surface area contributed by atoms with E-state index in [9.17, 15) is 14.9 Å². The lowest BCUT2D eigenvalue weighted by atomic mass is 9.85. The largest absolute Gasteiger partial charge is 0.334 e. The molecule has 0 radical (unpaired) electrons. The van der Waals surface area contributed by atoms with Crippen molar-refractivity contribution >= 4 is 23.2 Å². The van der Waals surface area contributed by atoms with Gasteiger partial charge in [-0.1, -0.05) is 48.4 Å². The molecule has 0 N–H and O–H groups in total. The smallest absolute Gasteiger partial charge is 0.270 e. The molecule has 1 aliphatic rings. The number of halogens is 1. The molecule has 1 aliphatic carbocycles. The second-order valence-corrected chi connectivity index (χ2v) is 6.80. The standard InChI is InChI=1S/C19H19ClN2O3/c20-18-10-9-16(22(24)25)11-17(18)19(23)21(13-15-7-4-8-15)12-14-5-2-1-3-6-14/h1-3,5-6,9-11,15H,4,7-8,12-13H2. The average Bonchev–Trinajstić information content (AvgIpc) is 2.57. The number of amides is 1. The molecular weight excluding hydrogens is 340 g/mol. The van der Waals surface area contributed by atoms with Crippen LogP contribution < -0.4 is 0 Å². The number of hydrogen-bond acceptors (Lipinski definition) is 3. The van der Waals surface area contributed by atoms with Gasteiger partial charge in [-0.15, -0.1) is 0 Å². The molecule has 2 aromatic carbocycles. The van der Waals surface area contributed by atoms with Gasteiger partial charge in [0.25, 0.3) is 11.6 Å². The lowest BCUT2D eigenvalue weighted by Crippen LogP contribution is -2.37. The van der Waals surface area contributed by atoms with Crippen LogP contribution in [0.1, 0.15) is 35.2 Å². The third kappa shape index (κ3) is 4.17. The number of nitro groups is 1. The second-order valence-electron chi connectivity index (χ2n) is 6.39. The fourth-order valence-electron chi connectivity index (χ4n) is 2.97. The highest BCUT2D eigenvalue weighted by Crippen LogP contribution is 2.30. The molecule has 1 amide bonds. The molecule has 130 valence electrons. The Labute approximate surface area is 151 Å². The summed E-state index contributed by atoms with van der Waals surface area (Å²) in [7, 11) is 0. The van der Waals surface area contributed by atoms with E-state index in [1.54, 1.807) is 4.90 Å². The van der Waals surface area contributed by atoms with Crippen molar-refractivity contribution in [1.29, 1.82) is 0 Å². The van der Waals surface area contributed by atoms with E-state index in [1.807, 2.05) is 30.3 Å². The van der Waals surface area contributed by atoms with E-state index in [2.05, 4.69) is 0 Å². The van der Waals surface area contributed by atoms with E-state index in [1.165, 1.54) is 24.6 Å². The molecule has 5 nitrogen and oxygen atoms in total. The monoisotopic (exact) mass is 358 g/mol. The van der Waals surface area contributed by atoms with Crippen LogP contribution in [0.25, 0.3) is 0 Å². The zero-order chi connectivity index (χ0) is 17.8. The van der Waals surface area contributed by atoms with Gasteiger partial charge in [0.2, 0.25) is 0 Å². The molecule has 2 aromatic rings. The highest BCUT2D eigenvalue weighted by molar-refractivity contribution is 6.33. The van der Waals surface area contributed by atoms with Gasteiger partial charge in [-0.25, -0.2) is 0 Å². The summed E-state index contributed by atoms with van der Waals surface area (Å²) < 4.78 is 0. The van der Waals surface area contributed by atoms with Crippen molar-refractivity contribution in [2.75, 3.05) is 6.54 Å². The van der Waals surface area contributed by atoms with Crippen molar-refractivity contribution in [2.24, 2.45) is 5.92 Å². The van der Waals surface area contributed by atoms with Crippen LogP contribution in [0.4, 0.5) is 5.69 Å². The van der Waals surface area contributed by atoms with E-state index in [0.29, 0.717) is 19.0 Å². The van der Waals surface area contributed by atoms with Crippen molar-refractivity contribution < 1.29 is 9.72 Å². The fraction of sp³-hybridized carbons (Fsp3) is 0.316. The van der Waals surface area contributed by atoms with E-state index < -0.39 is 4.92 Å². The van der Waals surface area contributed by atoms with Gasteiger partial charge in [0.1, 0.15) is 0 Å². The van der Waals surface area contributed by atoms with E-state index in [0.717, 1.165) is 18.4 Å². The molecule has 0 atom stereocenters. The Hall–Kier alpha value is -2.40. The van der Waals surface area contributed by atoms with Crippen molar-refractivity contribution in [3.05, 3.63) is 74.8 Å². The highest BCUT2D eigenvalue weighted by atomic mass is 35.5. The molecule has 0 aliphatic heterocycles. The van der Waals surface area contributed by atoms with Gasteiger partial charge in [0, 0.05) is 25.2 Å². The van der Waals surface area contributed by atoms with Crippen LogP contribution in [-0.2, 0) is 6.54 Å². The molecule has 0 aromatic heterocycles. The maximum absolute atomic E-state index is 13.0. The van der Waals surface area contributed by atoms with Crippen LogP contribution in [0.15, 0.2) is 48.5 Å². The van der Waals surface area contributed by atoms with Gasteiger partial charge in [0.15, 0.2) is 0 Å². The second kappa shape index (κ2) is 7.66. The quantitative estimate of drug-likeness (QED) is 0.555. The van der Waals surface area contributed by atoms with Gasteiger partial charge in [-0.05, 0) is 30.4 Å². The van der Waals surface area contributed by atoms with E-state index in [-0.39, 0.29) is 22.2 Å². The number of nitrogens with zero attached hydrogens (tertiary/aromatic N) is 2. The molecular formula is C19H19ClN2O3. The highest BCUT2D eigenvalue weighted by Gasteiger charge is 2.26. The van der Waals surface area contributed by atoms with Gasteiger partial charge < -0.3 is 4.90 Å². The first kappa shape index (κ1) is 17.4. The van der Waals surface area contributed by atoms with Crippen molar-refractivity contribution in [3.63, 3.8) is 0 Å². The minimum atomic E-state index is -0.513. The Kier molecular flexibility index (Phi) is 5.34. The molecule has 0 spiro atoms. The summed E-state index contributed by atoms with van der Waals surface area (Å²) in [6, 6.07) is 13.7. The molecule has 3 rings (SSSR count). The zero-order valence-electron chi connectivity index (χ0n) is 13.7. The van der Waals surface area contributed by atoms with Gasteiger partial charge in [-0.3, -0.25) is 14.9 Å². The molecule has 25 heavy (non-hydrogen) atoms. The Morgan fingerprint density at radius 3 is 2.52 bits per heavy atom. The summed E-state index contributed by atoms with van der Waals surface area (Å²) >= 11 is 6.16. The zero-order valence-corrected chi connectivity index (χ0v) is 14.5. The molecule has 0 unspecified atom stereocenters. The number of hydrogen-bond donors (Lipinski definition) is 0. The van der Waals surface area contributed by atoms with Crippen LogP contribution in [0.3, 0.4) is 0 Å². The maximum Gasteiger partial charge on any atom is 0.270 e. The van der Waals surface area contributed by atoms with Gasteiger partial charge in [-0.2, -0.15) is 0 Å². The average molecular weight is 359 g/mol. The van der Waals surface area contributed by atoms with Crippen LogP contribution in [0.5, 0.6) is 0 Å². The SMILES string of the molecule is O=C(c1cc([N+](=O)[O-])ccc1Cl)N(Cc1ccccc1)CC1CCC1.